The van der Waals surface area contributed by atoms with E-state index in [1.807, 2.05) is 45.9 Å². The predicted molar refractivity (Wildman–Crippen MR) is 64.0 cm³/mol. The molecule has 0 spiro atoms. The number of hydrogen-bond donors (Lipinski definition) is 1. The molecule has 0 radical (unpaired) electrons. The largest absolute Gasteiger partial charge is 0.326 e. The van der Waals surface area contributed by atoms with Crippen molar-refractivity contribution in [2.75, 3.05) is 5.32 Å². The molecule has 1 rings (SSSR count). The van der Waals surface area contributed by atoms with E-state index in [0.717, 1.165) is 17.7 Å². The van der Waals surface area contributed by atoms with Gasteiger partial charge < -0.3 is 5.32 Å². The first-order valence-electron chi connectivity index (χ1n) is 5.43. The van der Waals surface area contributed by atoms with Crippen LogP contribution in [0.4, 0.5) is 5.69 Å². The number of rotatable bonds is 3. The van der Waals surface area contributed by atoms with Crippen molar-refractivity contribution in [2.24, 2.45) is 5.92 Å². The Kier molecular flexibility index (Phi) is 3.89. The summed E-state index contributed by atoms with van der Waals surface area (Å²) in [6, 6.07) is 5.96. The highest BCUT2D eigenvalue weighted by atomic mass is 16.1. The molecule has 0 fully saturated rings. The van der Waals surface area contributed by atoms with Gasteiger partial charge in [-0.15, -0.1) is 0 Å². The highest BCUT2D eigenvalue weighted by Crippen LogP contribution is 2.19. The van der Waals surface area contributed by atoms with Crippen LogP contribution in [0.15, 0.2) is 18.2 Å². The Morgan fingerprint density at radius 3 is 2.67 bits per heavy atom. The third-order valence-corrected chi connectivity index (χ3v) is 2.92. The van der Waals surface area contributed by atoms with Crippen LogP contribution in [0, 0.1) is 19.8 Å². The Bertz CT molecular complexity index is 358. The molecular weight excluding hydrogens is 186 g/mol. The molecule has 1 unspecified atom stereocenters. The smallest absolute Gasteiger partial charge is 0.227 e. The summed E-state index contributed by atoms with van der Waals surface area (Å²) in [6.45, 7) is 8.05. The van der Waals surface area contributed by atoms with Crippen molar-refractivity contribution in [1.29, 1.82) is 0 Å². The summed E-state index contributed by atoms with van der Waals surface area (Å²) < 4.78 is 0. The van der Waals surface area contributed by atoms with Crippen LogP contribution in [-0.2, 0) is 4.79 Å². The van der Waals surface area contributed by atoms with Gasteiger partial charge >= 0.3 is 0 Å². The second-order valence-corrected chi connectivity index (χ2v) is 4.05. The maximum Gasteiger partial charge on any atom is 0.227 e. The standard InChI is InChI=1S/C13H19NO/c1-5-9(2)13(15)14-12-8-6-7-10(3)11(12)4/h6-9H,5H2,1-4H3,(H,14,15). The van der Waals surface area contributed by atoms with Gasteiger partial charge in [0.25, 0.3) is 0 Å². The van der Waals surface area contributed by atoms with Crippen LogP contribution in [0.25, 0.3) is 0 Å². The van der Waals surface area contributed by atoms with E-state index in [1.165, 1.54) is 5.56 Å². The average Bonchev–Trinajstić information content (AvgIpc) is 2.23. The summed E-state index contributed by atoms with van der Waals surface area (Å²) >= 11 is 0. The number of benzene rings is 1. The molecule has 1 N–H and O–H groups in total. The van der Waals surface area contributed by atoms with Crippen LogP contribution in [0.5, 0.6) is 0 Å². The molecule has 2 heteroatoms. The number of anilines is 1. The lowest BCUT2D eigenvalue weighted by molar-refractivity contribution is -0.119. The maximum absolute atomic E-state index is 11.7. The lowest BCUT2D eigenvalue weighted by atomic mass is 10.1. The zero-order valence-corrected chi connectivity index (χ0v) is 9.92. The van der Waals surface area contributed by atoms with Crippen LogP contribution in [0.2, 0.25) is 0 Å². The van der Waals surface area contributed by atoms with Gasteiger partial charge in [0.1, 0.15) is 0 Å². The fourth-order valence-corrected chi connectivity index (χ4v) is 1.33. The Balaban J connectivity index is 2.81. The molecule has 0 bridgehead atoms. The van der Waals surface area contributed by atoms with Crippen molar-refractivity contribution in [1.82, 2.24) is 0 Å². The average molecular weight is 205 g/mol. The fourth-order valence-electron chi connectivity index (χ4n) is 1.33. The lowest BCUT2D eigenvalue weighted by Gasteiger charge is -2.13. The van der Waals surface area contributed by atoms with E-state index >= 15 is 0 Å². The lowest BCUT2D eigenvalue weighted by Crippen LogP contribution is -2.20. The van der Waals surface area contributed by atoms with Crippen molar-refractivity contribution in [3.63, 3.8) is 0 Å². The van der Waals surface area contributed by atoms with Crippen LogP contribution in [0.3, 0.4) is 0 Å². The van der Waals surface area contributed by atoms with Gasteiger partial charge in [-0.3, -0.25) is 4.79 Å². The SMILES string of the molecule is CCC(C)C(=O)Nc1cccc(C)c1C. The van der Waals surface area contributed by atoms with Gasteiger partial charge in [0.15, 0.2) is 0 Å². The predicted octanol–water partition coefficient (Wildman–Crippen LogP) is 3.29. The highest BCUT2D eigenvalue weighted by Gasteiger charge is 2.11. The summed E-state index contributed by atoms with van der Waals surface area (Å²) in [6.07, 6.45) is 0.872. The second kappa shape index (κ2) is 4.96. The van der Waals surface area contributed by atoms with Crippen LogP contribution >= 0.6 is 0 Å². The zero-order chi connectivity index (χ0) is 11.4. The third-order valence-electron chi connectivity index (χ3n) is 2.92. The van der Waals surface area contributed by atoms with Crippen LogP contribution < -0.4 is 5.32 Å². The monoisotopic (exact) mass is 205 g/mol. The second-order valence-electron chi connectivity index (χ2n) is 4.05. The molecule has 1 atom stereocenters. The molecule has 1 aromatic carbocycles. The maximum atomic E-state index is 11.7. The number of nitrogens with one attached hydrogen (secondary N) is 1. The van der Waals surface area contributed by atoms with Gasteiger partial charge in [-0.25, -0.2) is 0 Å². The van der Waals surface area contributed by atoms with Crippen molar-refractivity contribution in [3.05, 3.63) is 29.3 Å². The summed E-state index contributed by atoms with van der Waals surface area (Å²) in [5.41, 5.74) is 3.28. The van der Waals surface area contributed by atoms with Gasteiger partial charge in [0.05, 0.1) is 0 Å². The fraction of sp³-hybridized carbons (Fsp3) is 0.462. The minimum atomic E-state index is 0.0740. The number of carbonyl (C=O) groups excluding carboxylic acids is 1. The molecule has 15 heavy (non-hydrogen) atoms. The van der Waals surface area contributed by atoms with Gasteiger partial charge in [0, 0.05) is 11.6 Å². The summed E-state index contributed by atoms with van der Waals surface area (Å²) in [4.78, 5) is 11.7. The molecule has 0 aliphatic carbocycles. The minimum Gasteiger partial charge on any atom is -0.326 e. The van der Waals surface area contributed by atoms with Gasteiger partial charge in [-0.05, 0) is 37.5 Å². The first-order valence-corrected chi connectivity index (χ1v) is 5.43. The van der Waals surface area contributed by atoms with Gasteiger partial charge in [0.2, 0.25) is 5.91 Å². The first kappa shape index (κ1) is 11.8. The number of hydrogen-bond acceptors (Lipinski definition) is 1. The third kappa shape index (κ3) is 2.82. The molecule has 82 valence electrons. The summed E-state index contributed by atoms with van der Waals surface area (Å²) in [5.74, 6) is 0.177. The molecule has 1 amide bonds. The molecule has 0 aromatic heterocycles. The van der Waals surface area contributed by atoms with E-state index < -0.39 is 0 Å². The van der Waals surface area contributed by atoms with E-state index in [-0.39, 0.29) is 11.8 Å². The summed E-state index contributed by atoms with van der Waals surface area (Å²) in [7, 11) is 0. The molecule has 2 nitrogen and oxygen atoms in total. The topological polar surface area (TPSA) is 29.1 Å². The Hall–Kier alpha value is -1.31. The van der Waals surface area contributed by atoms with Crippen molar-refractivity contribution < 1.29 is 4.79 Å². The van der Waals surface area contributed by atoms with Gasteiger partial charge in [-0.1, -0.05) is 26.0 Å². The Labute approximate surface area is 91.7 Å². The van der Waals surface area contributed by atoms with E-state index in [4.69, 9.17) is 0 Å². The molecule has 1 aromatic rings. The first-order chi connectivity index (χ1) is 7.06. The van der Waals surface area contributed by atoms with E-state index in [2.05, 4.69) is 5.32 Å². The normalized spacial score (nSPS) is 12.3. The van der Waals surface area contributed by atoms with E-state index in [9.17, 15) is 4.79 Å². The Morgan fingerprint density at radius 1 is 1.40 bits per heavy atom. The van der Waals surface area contributed by atoms with Crippen molar-refractivity contribution >= 4 is 11.6 Å². The highest BCUT2D eigenvalue weighted by molar-refractivity contribution is 5.93. The van der Waals surface area contributed by atoms with Crippen molar-refractivity contribution in [3.8, 4) is 0 Å². The van der Waals surface area contributed by atoms with Crippen molar-refractivity contribution in [2.45, 2.75) is 34.1 Å². The molecule has 0 aliphatic heterocycles. The summed E-state index contributed by atoms with van der Waals surface area (Å²) in [5, 5.41) is 2.96. The van der Waals surface area contributed by atoms with E-state index in [0.29, 0.717) is 0 Å². The molecular formula is C13H19NO. The van der Waals surface area contributed by atoms with E-state index in [1.54, 1.807) is 0 Å². The quantitative estimate of drug-likeness (QED) is 0.806. The van der Waals surface area contributed by atoms with Crippen LogP contribution in [0.1, 0.15) is 31.4 Å². The Morgan fingerprint density at radius 2 is 2.07 bits per heavy atom. The zero-order valence-electron chi connectivity index (χ0n) is 9.92. The molecule has 0 saturated carbocycles. The number of amides is 1. The number of carbonyl (C=O) groups is 1. The van der Waals surface area contributed by atoms with Crippen LogP contribution in [-0.4, -0.2) is 5.91 Å². The van der Waals surface area contributed by atoms with Gasteiger partial charge in [-0.2, -0.15) is 0 Å². The molecule has 0 saturated heterocycles. The minimum absolute atomic E-state index is 0.0740. The number of aryl methyl sites for hydroxylation is 1. The molecule has 0 heterocycles. The molecule has 0 aliphatic rings.